The third-order valence-electron chi connectivity index (χ3n) is 5.03. The van der Waals surface area contributed by atoms with Gasteiger partial charge in [-0.3, -0.25) is 4.79 Å². The third-order valence-corrected chi connectivity index (χ3v) is 5.03. The molecule has 1 aromatic heterocycles. The van der Waals surface area contributed by atoms with Crippen LogP contribution in [0.3, 0.4) is 0 Å². The van der Waals surface area contributed by atoms with E-state index in [2.05, 4.69) is 34.6 Å². The maximum Gasteiger partial charge on any atom is 0.237 e. The molecule has 0 radical (unpaired) electrons. The second-order valence-corrected chi connectivity index (χ2v) is 7.46. The van der Waals surface area contributed by atoms with E-state index in [0.717, 1.165) is 17.7 Å². The predicted octanol–water partition coefficient (Wildman–Crippen LogP) is 3.12. The lowest BCUT2D eigenvalue weighted by Gasteiger charge is -2.19. The first kappa shape index (κ1) is 21.7. The van der Waals surface area contributed by atoms with Gasteiger partial charge >= 0.3 is 0 Å². The summed E-state index contributed by atoms with van der Waals surface area (Å²) < 4.78 is 5.76. The molecule has 5 N–H and O–H groups in total. The van der Waals surface area contributed by atoms with Gasteiger partial charge < -0.3 is 21.2 Å². The largest absolute Gasteiger partial charge is 0.446 e. The summed E-state index contributed by atoms with van der Waals surface area (Å²) in [5.74, 6) is 0.306. The lowest BCUT2D eigenvalue weighted by atomic mass is 10.0. The lowest BCUT2D eigenvalue weighted by Crippen LogP contribution is -2.42. The van der Waals surface area contributed by atoms with Gasteiger partial charge in [0.15, 0.2) is 0 Å². The Hall–Kier alpha value is -2.96. The number of aromatic nitrogens is 1. The number of hydrogen-bond acceptors (Lipinski definition) is 5. The molecule has 1 amide bonds. The molecule has 3 rings (SSSR count). The molecule has 0 fully saturated rings. The molecule has 6 nitrogen and oxygen atoms in total. The topological polar surface area (TPSA) is 107 Å². The maximum absolute atomic E-state index is 12.6. The first-order chi connectivity index (χ1) is 14.7. The fourth-order valence-electron chi connectivity index (χ4n) is 3.33. The number of carbonyl (C=O) groups excluding carboxylic acids is 1. The van der Waals surface area contributed by atoms with Gasteiger partial charge in [-0.1, -0.05) is 60.7 Å². The van der Waals surface area contributed by atoms with Crippen molar-refractivity contribution in [3.05, 3.63) is 89.6 Å². The van der Waals surface area contributed by atoms with E-state index < -0.39 is 6.04 Å². The minimum atomic E-state index is -0.591. The van der Waals surface area contributed by atoms with Crippen molar-refractivity contribution in [1.29, 1.82) is 0 Å². The van der Waals surface area contributed by atoms with E-state index in [1.165, 1.54) is 5.56 Å². The van der Waals surface area contributed by atoms with Crippen molar-refractivity contribution in [2.75, 3.05) is 6.54 Å². The summed E-state index contributed by atoms with van der Waals surface area (Å²) in [7, 11) is 0. The number of aryl methyl sites for hydroxylation is 1. The Bertz CT molecular complexity index is 896. The average molecular weight is 407 g/mol. The Morgan fingerprint density at radius 2 is 1.67 bits per heavy atom. The normalized spacial score (nSPS) is 13.0. The van der Waals surface area contributed by atoms with E-state index in [-0.39, 0.29) is 11.9 Å². The van der Waals surface area contributed by atoms with Crippen LogP contribution in [0.25, 0.3) is 0 Å². The molecule has 3 aromatic rings. The number of rotatable bonds is 11. The zero-order chi connectivity index (χ0) is 21.2. The monoisotopic (exact) mass is 406 g/mol. The summed E-state index contributed by atoms with van der Waals surface area (Å²) in [5, 5.41) is 3.03. The first-order valence-electron chi connectivity index (χ1n) is 10.4. The van der Waals surface area contributed by atoms with Gasteiger partial charge in [0, 0.05) is 6.42 Å². The summed E-state index contributed by atoms with van der Waals surface area (Å²) in [6.07, 6.45) is 5.07. The van der Waals surface area contributed by atoms with Gasteiger partial charge in [0.2, 0.25) is 11.8 Å². The highest BCUT2D eigenvalue weighted by molar-refractivity contribution is 5.81. The van der Waals surface area contributed by atoms with Gasteiger partial charge in [-0.2, -0.15) is 0 Å². The van der Waals surface area contributed by atoms with Crippen LogP contribution in [0.2, 0.25) is 0 Å². The van der Waals surface area contributed by atoms with Crippen molar-refractivity contribution in [3.63, 3.8) is 0 Å². The van der Waals surface area contributed by atoms with Crippen LogP contribution < -0.4 is 16.8 Å². The summed E-state index contributed by atoms with van der Waals surface area (Å²) in [6.45, 7) is 0.515. The van der Waals surface area contributed by atoms with E-state index in [0.29, 0.717) is 38.1 Å². The minimum Gasteiger partial charge on any atom is -0.446 e. The van der Waals surface area contributed by atoms with Crippen molar-refractivity contribution < 1.29 is 9.21 Å². The Labute approximate surface area is 177 Å². The van der Waals surface area contributed by atoms with Gasteiger partial charge in [0.25, 0.3) is 0 Å². The molecule has 0 saturated heterocycles. The van der Waals surface area contributed by atoms with E-state index in [4.69, 9.17) is 15.9 Å². The number of hydrogen-bond donors (Lipinski definition) is 3. The molecule has 0 saturated carbocycles. The van der Waals surface area contributed by atoms with Crippen LogP contribution >= 0.6 is 0 Å². The number of carbonyl (C=O) groups is 1. The number of nitrogens with two attached hydrogens (primary N) is 2. The predicted molar refractivity (Wildman–Crippen MR) is 118 cm³/mol. The second kappa shape index (κ2) is 11.3. The van der Waals surface area contributed by atoms with Crippen molar-refractivity contribution in [2.45, 2.75) is 44.2 Å². The van der Waals surface area contributed by atoms with E-state index in [1.807, 2.05) is 36.4 Å². The standard InChI is InChI=1S/C24H30N4O2/c25-15-7-12-21(26)23(29)28-22(14-13-18-8-3-1-4-9-18)24-27-20(17-30-24)16-19-10-5-2-6-11-19/h1-6,8-11,17,21-22H,7,12-16,25-26H2,(H,28,29)/t21-,22-/m1/s1. The molecule has 0 aliphatic carbocycles. The molecule has 2 aromatic carbocycles. The van der Waals surface area contributed by atoms with Gasteiger partial charge in [-0.05, 0) is 43.4 Å². The number of benzene rings is 2. The summed E-state index contributed by atoms with van der Waals surface area (Å²) >= 11 is 0. The molecule has 0 aliphatic heterocycles. The van der Waals surface area contributed by atoms with Gasteiger partial charge in [-0.25, -0.2) is 4.98 Å². The van der Waals surface area contributed by atoms with Crippen LogP contribution in [-0.4, -0.2) is 23.5 Å². The van der Waals surface area contributed by atoms with Crippen molar-refractivity contribution in [1.82, 2.24) is 10.3 Å². The quantitative estimate of drug-likeness (QED) is 0.453. The lowest BCUT2D eigenvalue weighted by molar-refractivity contribution is -0.123. The van der Waals surface area contributed by atoms with Gasteiger partial charge in [0.1, 0.15) is 12.3 Å². The van der Waals surface area contributed by atoms with Crippen LogP contribution in [0, 0.1) is 0 Å². The van der Waals surface area contributed by atoms with Crippen molar-refractivity contribution in [3.8, 4) is 0 Å². The molecule has 2 atom stereocenters. The maximum atomic E-state index is 12.6. The van der Waals surface area contributed by atoms with Crippen molar-refractivity contribution in [2.24, 2.45) is 11.5 Å². The van der Waals surface area contributed by atoms with E-state index >= 15 is 0 Å². The molecule has 0 spiro atoms. The smallest absolute Gasteiger partial charge is 0.237 e. The molecule has 158 valence electrons. The zero-order valence-corrected chi connectivity index (χ0v) is 17.2. The highest BCUT2D eigenvalue weighted by Gasteiger charge is 2.23. The number of nitrogens with zero attached hydrogens (tertiary/aromatic N) is 1. The first-order valence-corrected chi connectivity index (χ1v) is 10.4. The summed E-state index contributed by atoms with van der Waals surface area (Å²) in [4.78, 5) is 17.2. The molecule has 0 aliphatic rings. The molecule has 0 unspecified atom stereocenters. The second-order valence-electron chi connectivity index (χ2n) is 7.46. The van der Waals surface area contributed by atoms with Crippen LogP contribution in [0.5, 0.6) is 0 Å². The van der Waals surface area contributed by atoms with Crippen LogP contribution in [-0.2, 0) is 17.6 Å². The van der Waals surface area contributed by atoms with E-state index in [9.17, 15) is 4.79 Å². The number of oxazole rings is 1. The SMILES string of the molecule is NCCC[C@@H](N)C(=O)N[C@H](CCc1ccccc1)c1nc(Cc2ccccc2)co1. The number of amides is 1. The Morgan fingerprint density at radius 3 is 2.33 bits per heavy atom. The fourth-order valence-corrected chi connectivity index (χ4v) is 3.33. The van der Waals surface area contributed by atoms with Crippen LogP contribution in [0.4, 0.5) is 0 Å². The number of nitrogens with one attached hydrogen (secondary N) is 1. The Balaban J connectivity index is 1.70. The zero-order valence-electron chi connectivity index (χ0n) is 17.2. The molecule has 1 heterocycles. The Kier molecular flexibility index (Phi) is 8.18. The molecule has 0 bridgehead atoms. The Morgan fingerprint density at radius 1 is 1.00 bits per heavy atom. The fraction of sp³-hybridized carbons (Fsp3) is 0.333. The van der Waals surface area contributed by atoms with Crippen LogP contribution in [0.1, 0.15) is 48.0 Å². The molecule has 30 heavy (non-hydrogen) atoms. The molecular formula is C24H30N4O2. The summed E-state index contributed by atoms with van der Waals surface area (Å²) in [5.41, 5.74) is 14.7. The highest BCUT2D eigenvalue weighted by atomic mass is 16.3. The molecule has 6 heteroatoms. The highest BCUT2D eigenvalue weighted by Crippen LogP contribution is 2.21. The molecular weight excluding hydrogens is 376 g/mol. The third kappa shape index (κ3) is 6.54. The van der Waals surface area contributed by atoms with Gasteiger partial charge in [-0.15, -0.1) is 0 Å². The van der Waals surface area contributed by atoms with Gasteiger partial charge in [0.05, 0.1) is 11.7 Å². The summed E-state index contributed by atoms with van der Waals surface area (Å²) in [6, 6.07) is 19.3. The van der Waals surface area contributed by atoms with Crippen molar-refractivity contribution >= 4 is 5.91 Å². The average Bonchev–Trinajstić information content (AvgIpc) is 3.24. The minimum absolute atomic E-state index is 0.204. The van der Waals surface area contributed by atoms with Crippen LogP contribution in [0.15, 0.2) is 71.3 Å². The van der Waals surface area contributed by atoms with E-state index in [1.54, 1.807) is 6.26 Å².